The lowest BCUT2D eigenvalue weighted by molar-refractivity contribution is -0.136. The Morgan fingerprint density at radius 3 is 1.64 bits per heavy atom. The summed E-state index contributed by atoms with van der Waals surface area (Å²) in [6.45, 7) is 16.5. The Balaban J connectivity index is 5.47. The van der Waals surface area contributed by atoms with Gasteiger partial charge in [0.25, 0.3) is 0 Å². The van der Waals surface area contributed by atoms with Crippen LogP contribution in [0.5, 0.6) is 0 Å². The highest BCUT2D eigenvalue weighted by Crippen LogP contribution is 2.22. The Hall–Kier alpha value is -3.73. The van der Waals surface area contributed by atoms with Gasteiger partial charge in [-0.2, -0.15) is 0 Å². The molecule has 0 aromatic carbocycles. The largest absolute Gasteiger partial charge is 0.391 e. The molecule has 316 valence electrons. The lowest BCUT2D eigenvalue weighted by atomic mass is 9.84. The predicted molar refractivity (Wildman–Crippen MR) is 211 cm³/mol. The van der Waals surface area contributed by atoms with Crippen LogP contribution in [-0.2, 0) is 33.6 Å². The van der Waals surface area contributed by atoms with E-state index in [2.05, 4.69) is 26.6 Å². The number of hydrogen-bond donors (Lipinski definition) is 9. The summed E-state index contributed by atoms with van der Waals surface area (Å²) in [7, 11) is 1.66. The van der Waals surface area contributed by atoms with Gasteiger partial charge in [-0.25, -0.2) is 0 Å². The molecule has 55 heavy (non-hydrogen) atoms. The van der Waals surface area contributed by atoms with Gasteiger partial charge in [0.15, 0.2) is 11.6 Å². The number of ketones is 2. The molecular weight excluding hydrogens is 710 g/mol. The number of aliphatic hydroxyl groups excluding tert-OH is 2. The van der Waals surface area contributed by atoms with Crippen molar-refractivity contribution in [1.29, 1.82) is 0 Å². The van der Waals surface area contributed by atoms with Gasteiger partial charge in [-0.15, -0.1) is 0 Å². The number of rotatable bonds is 27. The van der Waals surface area contributed by atoms with Gasteiger partial charge in [0.2, 0.25) is 29.5 Å². The van der Waals surface area contributed by atoms with E-state index in [1.807, 2.05) is 12.2 Å². The molecule has 16 heteroatoms. The van der Waals surface area contributed by atoms with E-state index in [0.29, 0.717) is 32.1 Å². The average molecular weight is 782 g/mol. The molecule has 0 aliphatic heterocycles. The molecule has 0 saturated carbocycles. The van der Waals surface area contributed by atoms with Crippen LogP contribution in [0.25, 0.3) is 0 Å². The fourth-order valence-electron chi connectivity index (χ4n) is 5.89. The third-order valence-corrected chi connectivity index (χ3v) is 9.81. The number of allylic oxidation sites excluding steroid dienone is 2. The van der Waals surface area contributed by atoms with E-state index in [1.54, 1.807) is 62.4 Å². The maximum Gasteiger partial charge on any atom is 0.243 e. The Kier molecular flexibility index (Phi) is 22.4. The number of primary amides is 1. The molecule has 16 nitrogen and oxygen atoms in total. The lowest BCUT2D eigenvalue weighted by Crippen LogP contribution is -2.61. The second kappa shape index (κ2) is 24.0. The molecule has 0 aromatic rings. The third kappa shape index (κ3) is 17.3. The summed E-state index contributed by atoms with van der Waals surface area (Å²) >= 11 is 0. The Morgan fingerprint density at radius 2 is 1.22 bits per heavy atom. The van der Waals surface area contributed by atoms with E-state index in [4.69, 9.17) is 11.5 Å². The molecular formula is C39H71N7O9. The van der Waals surface area contributed by atoms with Gasteiger partial charge in [-0.05, 0) is 85.6 Å². The standard InChI is InChI=1S/C39H71N7O9/c1-22(2)30(36(54)44-31(26(8)48)32(50)23(3)4)45-37(55)39(10,42-11)21-17-15-13-12-14-16-20-38(9,33(51)24(5)6)46-34(52)27(18-19-28(40)49)43-35(53)29(41)25(7)47/h12-13,22-27,29-31,42,47-48H,14-21,41H2,1-11H3,(H2,40,49)(H,43,53)(H,44,54)(H,45,55)(H,46,52)/b13-12+/t25-,26-,27+,29-,30+,31+,38+,39+/m1/s1. The number of hydrogen-bond acceptors (Lipinski definition) is 11. The van der Waals surface area contributed by atoms with Gasteiger partial charge in [-0.1, -0.05) is 53.7 Å². The summed E-state index contributed by atoms with van der Waals surface area (Å²) in [6.07, 6.45) is 4.43. The van der Waals surface area contributed by atoms with Gasteiger partial charge >= 0.3 is 0 Å². The first-order valence-corrected chi connectivity index (χ1v) is 19.4. The number of carbonyl (C=O) groups excluding carboxylic acids is 7. The van der Waals surface area contributed by atoms with Crippen molar-refractivity contribution in [3.05, 3.63) is 12.2 Å². The second-order valence-corrected chi connectivity index (χ2v) is 16.0. The van der Waals surface area contributed by atoms with Crippen LogP contribution < -0.4 is 38.1 Å². The molecule has 0 rings (SSSR count). The van der Waals surface area contributed by atoms with Crippen LogP contribution in [0.1, 0.15) is 121 Å². The van der Waals surface area contributed by atoms with Crippen molar-refractivity contribution in [2.45, 2.75) is 168 Å². The Morgan fingerprint density at radius 1 is 0.691 bits per heavy atom. The molecule has 0 radical (unpaired) electrons. The summed E-state index contributed by atoms with van der Waals surface area (Å²) in [6, 6.07) is -4.56. The van der Waals surface area contributed by atoms with E-state index in [-0.39, 0.29) is 42.7 Å². The van der Waals surface area contributed by atoms with Crippen LogP contribution >= 0.6 is 0 Å². The summed E-state index contributed by atoms with van der Waals surface area (Å²) in [5, 5.41) is 33.6. The molecule has 0 fully saturated rings. The highest BCUT2D eigenvalue weighted by Gasteiger charge is 2.39. The fraction of sp³-hybridized carbons (Fsp3) is 0.769. The molecule has 11 N–H and O–H groups in total. The normalized spacial score (nSPS) is 17.3. The van der Waals surface area contributed by atoms with Crippen molar-refractivity contribution in [3.63, 3.8) is 0 Å². The van der Waals surface area contributed by atoms with E-state index in [9.17, 15) is 43.8 Å². The minimum atomic E-state index is -1.31. The van der Waals surface area contributed by atoms with Crippen molar-refractivity contribution < 1.29 is 43.8 Å². The van der Waals surface area contributed by atoms with Crippen molar-refractivity contribution in [2.24, 2.45) is 29.2 Å². The van der Waals surface area contributed by atoms with Gasteiger partial charge in [0.1, 0.15) is 24.2 Å². The lowest BCUT2D eigenvalue weighted by Gasteiger charge is -2.33. The molecule has 0 bridgehead atoms. The minimum Gasteiger partial charge on any atom is -0.391 e. The first-order valence-electron chi connectivity index (χ1n) is 19.4. The average Bonchev–Trinajstić information content (AvgIpc) is 3.10. The second-order valence-electron chi connectivity index (χ2n) is 16.0. The number of likely N-dealkylation sites (N-methyl/N-ethyl adjacent to an activating group) is 1. The van der Waals surface area contributed by atoms with Crippen LogP contribution in [0.2, 0.25) is 0 Å². The monoisotopic (exact) mass is 782 g/mol. The number of nitrogens with one attached hydrogen (secondary N) is 5. The maximum atomic E-state index is 13.5. The summed E-state index contributed by atoms with van der Waals surface area (Å²) < 4.78 is 0. The summed E-state index contributed by atoms with van der Waals surface area (Å²) in [5.41, 5.74) is 8.71. The van der Waals surface area contributed by atoms with Crippen LogP contribution in [0.4, 0.5) is 0 Å². The van der Waals surface area contributed by atoms with E-state index < -0.39 is 82.9 Å². The van der Waals surface area contributed by atoms with Gasteiger partial charge < -0.3 is 48.3 Å². The first-order chi connectivity index (χ1) is 25.3. The number of nitrogens with two attached hydrogens (primary N) is 2. The van der Waals surface area contributed by atoms with E-state index in [1.165, 1.54) is 13.8 Å². The third-order valence-electron chi connectivity index (χ3n) is 9.81. The van der Waals surface area contributed by atoms with Crippen LogP contribution in [0, 0.1) is 17.8 Å². The van der Waals surface area contributed by atoms with E-state index >= 15 is 0 Å². The molecule has 0 saturated heterocycles. The molecule has 0 aliphatic carbocycles. The van der Waals surface area contributed by atoms with Gasteiger partial charge in [-0.3, -0.25) is 33.6 Å². The first kappa shape index (κ1) is 51.3. The zero-order valence-electron chi connectivity index (χ0n) is 34.9. The quantitative estimate of drug-likeness (QED) is 0.0412. The zero-order chi connectivity index (χ0) is 42.8. The van der Waals surface area contributed by atoms with E-state index in [0.717, 1.165) is 0 Å². The number of carbonyl (C=O) groups is 7. The number of unbranched alkanes of at least 4 members (excludes halogenated alkanes) is 2. The Bertz CT molecular complexity index is 1330. The fourth-order valence-corrected chi connectivity index (χ4v) is 5.89. The Labute approximate surface area is 327 Å². The van der Waals surface area contributed by atoms with Gasteiger partial charge in [0, 0.05) is 18.3 Å². The molecule has 0 unspecified atom stereocenters. The summed E-state index contributed by atoms with van der Waals surface area (Å²) in [4.78, 5) is 90.0. The smallest absolute Gasteiger partial charge is 0.243 e. The van der Waals surface area contributed by atoms with Crippen LogP contribution in [0.3, 0.4) is 0 Å². The van der Waals surface area contributed by atoms with Gasteiger partial charge in [0.05, 0.1) is 23.3 Å². The topological polar surface area (TPSA) is 272 Å². The minimum absolute atomic E-state index is 0.124. The number of aliphatic hydroxyl groups is 2. The van der Waals surface area contributed by atoms with Crippen LogP contribution in [0.15, 0.2) is 12.2 Å². The molecule has 5 amide bonds. The predicted octanol–water partition coefficient (Wildman–Crippen LogP) is 0.651. The van der Waals surface area contributed by atoms with Crippen LogP contribution in [-0.4, -0.2) is 106 Å². The summed E-state index contributed by atoms with van der Waals surface area (Å²) in [5.74, 6) is -4.71. The molecule has 8 atom stereocenters. The molecule has 0 aromatic heterocycles. The highest BCUT2D eigenvalue weighted by molar-refractivity contribution is 5.97. The SMILES string of the molecule is CN[C@@](C)(CCC/C=C/CCC[C@](C)(NC(=O)[C@H](CCC(N)=O)NC(=O)[C@H](N)[C@@H](C)O)C(=O)C(C)C)C(=O)N[C@H](C(=O)N[C@H](C(=O)C(C)C)[C@@H](C)O)C(C)C. The van der Waals surface area contributed by atoms with Crippen molar-refractivity contribution >= 4 is 41.1 Å². The zero-order valence-corrected chi connectivity index (χ0v) is 34.9. The molecule has 0 aliphatic rings. The molecule has 0 heterocycles. The number of Topliss-reactive ketones (excluding diaryl/α,β-unsaturated/α-hetero) is 2. The van der Waals surface area contributed by atoms with Crippen molar-refractivity contribution in [3.8, 4) is 0 Å². The number of amides is 5. The van der Waals surface area contributed by atoms with Crippen molar-refractivity contribution in [1.82, 2.24) is 26.6 Å². The van der Waals surface area contributed by atoms with Crippen molar-refractivity contribution in [2.75, 3.05) is 7.05 Å². The highest BCUT2D eigenvalue weighted by atomic mass is 16.3. The maximum absolute atomic E-state index is 13.5. The molecule has 0 spiro atoms.